The lowest BCUT2D eigenvalue weighted by atomic mass is 10.0. The molecule has 0 radical (unpaired) electrons. The summed E-state index contributed by atoms with van der Waals surface area (Å²) in [7, 11) is 0. The molecule has 0 aliphatic carbocycles. The van der Waals surface area contributed by atoms with Gasteiger partial charge in [-0.25, -0.2) is 0 Å². The van der Waals surface area contributed by atoms with Gasteiger partial charge >= 0.3 is 0 Å². The zero-order chi connectivity index (χ0) is 15.2. The van der Waals surface area contributed by atoms with Crippen molar-refractivity contribution in [1.82, 2.24) is 4.98 Å². The third-order valence-corrected chi connectivity index (χ3v) is 4.16. The molecule has 0 spiro atoms. The van der Waals surface area contributed by atoms with Gasteiger partial charge in [0.25, 0.3) is 0 Å². The molecule has 1 aromatic carbocycles. The second-order valence-electron chi connectivity index (χ2n) is 4.88. The van der Waals surface area contributed by atoms with E-state index in [-0.39, 0.29) is 6.04 Å². The van der Waals surface area contributed by atoms with Gasteiger partial charge < -0.3 is 10.5 Å². The molecule has 1 atom stereocenters. The second kappa shape index (κ2) is 7.92. The third-order valence-electron chi connectivity index (χ3n) is 3.19. The van der Waals surface area contributed by atoms with Crippen LogP contribution < -0.4 is 10.5 Å². The van der Waals surface area contributed by atoms with E-state index in [1.165, 1.54) is 0 Å². The Bertz CT molecular complexity index is 587. The summed E-state index contributed by atoms with van der Waals surface area (Å²) in [5, 5.41) is 0. The van der Waals surface area contributed by atoms with Crippen molar-refractivity contribution < 1.29 is 4.74 Å². The minimum atomic E-state index is 0.146. The summed E-state index contributed by atoms with van der Waals surface area (Å²) in [6.45, 7) is 2.54. The van der Waals surface area contributed by atoms with Crippen molar-refractivity contribution in [3.8, 4) is 5.75 Å². The summed E-state index contributed by atoms with van der Waals surface area (Å²) in [5.74, 6) is 0.867. The molecular weight excluding hydrogens is 396 g/mol. The van der Waals surface area contributed by atoms with Crippen LogP contribution in [0.1, 0.15) is 24.6 Å². The van der Waals surface area contributed by atoms with Gasteiger partial charge in [0.05, 0.1) is 5.69 Å². The van der Waals surface area contributed by atoms with Gasteiger partial charge in [-0.3, -0.25) is 4.98 Å². The van der Waals surface area contributed by atoms with Crippen LogP contribution in [0.3, 0.4) is 0 Å². The fraction of sp³-hybridized carbons (Fsp3) is 0.312. The Kier molecular flexibility index (Phi) is 6.21. The number of rotatable bonds is 6. The summed E-state index contributed by atoms with van der Waals surface area (Å²) in [6, 6.07) is 10.1. The Balaban J connectivity index is 2.09. The molecule has 0 aliphatic heterocycles. The highest BCUT2D eigenvalue weighted by molar-refractivity contribution is 9.10. The lowest BCUT2D eigenvalue weighted by Gasteiger charge is -2.15. The van der Waals surface area contributed by atoms with Gasteiger partial charge in [0, 0.05) is 21.2 Å². The van der Waals surface area contributed by atoms with Crippen LogP contribution in [0.15, 0.2) is 45.5 Å². The van der Waals surface area contributed by atoms with Crippen molar-refractivity contribution in [2.24, 2.45) is 5.73 Å². The van der Waals surface area contributed by atoms with E-state index in [4.69, 9.17) is 10.5 Å². The maximum absolute atomic E-state index is 6.06. The number of aromatic nitrogens is 1. The number of ether oxygens (including phenoxy) is 1. The first kappa shape index (κ1) is 16.5. The van der Waals surface area contributed by atoms with Crippen LogP contribution in [0.5, 0.6) is 5.75 Å². The van der Waals surface area contributed by atoms with Crippen molar-refractivity contribution in [1.29, 1.82) is 0 Å². The lowest BCUT2D eigenvalue weighted by Crippen LogP contribution is -2.21. The van der Waals surface area contributed by atoms with E-state index in [0.29, 0.717) is 6.61 Å². The normalized spacial score (nSPS) is 12.2. The van der Waals surface area contributed by atoms with Gasteiger partial charge in [-0.15, -0.1) is 0 Å². The number of halogens is 2. The molecule has 0 amide bonds. The maximum atomic E-state index is 6.06. The first-order valence-electron chi connectivity index (χ1n) is 6.85. The predicted octanol–water partition coefficient (Wildman–Crippen LogP) is 4.47. The molecule has 3 nitrogen and oxygen atoms in total. The molecule has 1 unspecified atom stereocenters. The molecule has 0 saturated heterocycles. The van der Waals surface area contributed by atoms with E-state index in [1.807, 2.05) is 24.3 Å². The third kappa shape index (κ3) is 5.09. The Labute approximate surface area is 142 Å². The molecule has 0 aliphatic rings. The van der Waals surface area contributed by atoms with Crippen molar-refractivity contribution in [2.75, 3.05) is 0 Å². The molecule has 112 valence electrons. The highest BCUT2D eigenvalue weighted by Gasteiger charge is 2.09. The monoisotopic (exact) mass is 412 g/mol. The summed E-state index contributed by atoms with van der Waals surface area (Å²) >= 11 is 6.87. The molecular formula is C16H18Br2N2O. The second-order valence-corrected chi connectivity index (χ2v) is 6.71. The van der Waals surface area contributed by atoms with Gasteiger partial charge in [0.1, 0.15) is 12.4 Å². The number of nitrogens with two attached hydrogens (primary N) is 1. The average molecular weight is 414 g/mol. The van der Waals surface area contributed by atoms with Crippen LogP contribution in [0, 0.1) is 0 Å². The van der Waals surface area contributed by atoms with Crippen LogP contribution in [0.2, 0.25) is 0 Å². The SMILES string of the molecule is CCC(N)Cc1cc(Br)ccc1OCc1ccc(Br)cn1. The number of pyridine rings is 1. The molecule has 0 fully saturated rings. The fourth-order valence-electron chi connectivity index (χ4n) is 1.92. The molecule has 21 heavy (non-hydrogen) atoms. The molecule has 1 aromatic heterocycles. The molecule has 1 heterocycles. The van der Waals surface area contributed by atoms with E-state index in [9.17, 15) is 0 Å². The average Bonchev–Trinajstić information content (AvgIpc) is 2.48. The number of nitrogens with zero attached hydrogens (tertiary/aromatic N) is 1. The predicted molar refractivity (Wildman–Crippen MR) is 92.4 cm³/mol. The van der Waals surface area contributed by atoms with E-state index in [2.05, 4.69) is 49.8 Å². The quantitative estimate of drug-likeness (QED) is 0.760. The van der Waals surface area contributed by atoms with Gasteiger partial charge in [0.15, 0.2) is 0 Å². The summed E-state index contributed by atoms with van der Waals surface area (Å²) in [5.41, 5.74) is 8.08. The first-order valence-corrected chi connectivity index (χ1v) is 8.44. The number of hydrogen-bond donors (Lipinski definition) is 1. The van der Waals surface area contributed by atoms with Crippen LogP contribution >= 0.6 is 31.9 Å². The highest BCUT2D eigenvalue weighted by Crippen LogP contribution is 2.25. The van der Waals surface area contributed by atoms with Crippen LogP contribution in [0.4, 0.5) is 0 Å². The van der Waals surface area contributed by atoms with Gasteiger partial charge in [-0.05, 0) is 64.7 Å². The van der Waals surface area contributed by atoms with E-state index in [1.54, 1.807) is 6.20 Å². The first-order chi connectivity index (χ1) is 10.1. The zero-order valence-electron chi connectivity index (χ0n) is 11.9. The van der Waals surface area contributed by atoms with E-state index in [0.717, 1.165) is 38.8 Å². The van der Waals surface area contributed by atoms with E-state index < -0.39 is 0 Å². The molecule has 0 bridgehead atoms. The highest BCUT2D eigenvalue weighted by atomic mass is 79.9. The number of hydrogen-bond acceptors (Lipinski definition) is 3. The van der Waals surface area contributed by atoms with Gasteiger partial charge in [0.2, 0.25) is 0 Å². The molecule has 2 aromatic rings. The van der Waals surface area contributed by atoms with Crippen LogP contribution in [-0.4, -0.2) is 11.0 Å². The largest absolute Gasteiger partial charge is 0.487 e. The van der Waals surface area contributed by atoms with Crippen LogP contribution in [0.25, 0.3) is 0 Å². The smallest absolute Gasteiger partial charge is 0.130 e. The van der Waals surface area contributed by atoms with Crippen molar-refractivity contribution in [2.45, 2.75) is 32.4 Å². The Hall–Kier alpha value is -0.910. The zero-order valence-corrected chi connectivity index (χ0v) is 15.0. The summed E-state index contributed by atoms with van der Waals surface area (Å²) in [6.07, 6.45) is 3.52. The molecule has 0 saturated carbocycles. The Morgan fingerprint density at radius 3 is 2.62 bits per heavy atom. The summed E-state index contributed by atoms with van der Waals surface area (Å²) in [4.78, 5) is 4.31. The summed E-state index contributed by atoms with van der Waals surface area (Å²) < 4.78 is 7.91. The standard InChI is InChI=1S/C16H18Br2N2O/c1-2-14(19)8-11-7-12(17)4-6-16(11)21-10-15-5-3-13(18)9-20-15/h3-7,9,14H,2,8,10,19H2,1H3. The number of benzene rings is 1. The van der Waals surface area contributed by atoms with Crippen molar-refractivity contribution in [3.63, 3.8) is 0 Å². The Morgan fingerprint density at radius 1 is 1.19 bits per heavy atom. The van der Waals surface area contributed by atoms with Gasteiger partial charge in [-0.1, -0.05) is 22.9 Å². The van der Waals surface area contributed by atoms with Gasteiger partial charge in [-0.2, -0.15) is 0 Å². The van der Waals surface area contributed by atoms with Crippen molar-refractivity contribution in [3.05, 3.63) is 56.7 Å². The fourth-order valence-corrected chi connectivity index (χ4v) is 2.56. The lowest BCUT2D eigenvalue weighted by molar-refractivity contribution is 0.297. The van der Waals surface area contributed by atoms with Crippen LogP contribution in [-0.2, 0) is 13.0 Å². The molecule has 2 N–H and O–H groups in total. The molecule has 5 heteroatoms. The maximum Gasteiger partial charge on any atom is 0.130 e. The minimum absolute atomic E-state index is 0.146. The van der Waals surface area contributed by atoms with E-state index >= 15 is 0 Å². The topological polar surface area (TPSA) is 48.1 Å². The Morgan fingerprint density at radius 2 is 1.95 bits per heavy atom. The van der Waals surface area contributed by atoms with Crippen molar-refractivity contribution >= 4 is 31.9 Å². The molecule has 2 rings (SSSR count). The minimum Gasteiger partial charge on any atom is -0.487 e.